The molecule has 0 unspecified atom stereocenters. The number of aryl methyl sites for hydroxylation is 1. The third-order valence-corrected chi connectivity index (χ3v) is 5.03. The second-order valence-corrected chi connectivity index (χ2v) is 6.10. The Bertz CT molecular complexity index is 484. The molecule has 1 saturated carbocycles. The Morgan fingerprint density at radius 3 is 2.47 bits per heavy atom. The van der Waals surface area contributed by atoms with Crippen molar-refractivity contribution in [1.82, 2.24) is 0 Å². The monoisotopic (exact) mass is 258 g/mol. The van der Waals surface area contributed by atoms with E-state index in [1.54, 1.807) is 0 Å². The maximum Gasteiger partial charge on any atom is 0.314 e. The van der Waals surface area contributed by atoms with Crippen LogP contribution in [0.4, 0.5) is 0 Å². The van der Waals surface area contributed by atoms with Gasteiger partial charge >= 0.3 is 5.97 Å². The summed E-state index contributed by atoms with van der Waals surface area (Å²) in [6, 6.07) is 6.35. The summed E-state index contributed by atoms with van der Waals surface area (Å²) in [5.74, 6) is -0.605. The van der Waals surface area contributed by atoms with Gasteiger partial charge in [-0.15, -0.1) is 0 Å². The van der Waals surface area contributed by atoms with Crippen molar-refractivity contribution in [2.75, 3.05) is 0 Å². The summed E-state index contributed by atoms with van der Waals surface area (Å²) in [6.07, 6.45) is 9.57. The molecule has 102 valence electrons. The van der Waals surface area contributed by atoms with Crippen molar-refractivity contribution >= 4 is 5.97 Å². The van der Waals surface area contributed by atoms with Crippen molar-refractivity contribution in [2.24, 2.45) is 0 Å². The summed E-state index contributed by atoms with van der Waals surface area (Å²) in [5.41, 5.74) is 3.30. The van der Waals surface area contributed by atoms with E-state index in [2.05, 4.69) is 18.2 Å². The van der Waals surface area contributed by atoms with E-state index >= 15 is 0 Å². The molecule has 0 heterocycles. The average Bonchev–Trinajstić information content (AvgIpc) is 2.47. The Morgan fingerprint density at radius 2 is 1.74 bits per heavy atom. The van der Waals surface area contributed by atoms with Gasteiger partial charge in [-0.1, -0.05) is 37.5 Å². The molecule has 3 rings (SSSR count). The van der Waals surface area contributed by atoms with E-state index in [-0.39, 0.29) is 0 Å². The first-order valence-electron chi connectivity index (χ1n) is 7.59. The van der Waals surface area contributed by atoms with Gasteiger partial charge in [0.2, 0.25) is 0 Å². The van der Waals surface area contributed by atoms with Crippen LogP contribution < -0.4 is 0 Å². The fourth-order valence-electron chi connectivity index (χ4n) is 3.98. The summed E-state index contributed by atoms with van der Waals surface area (Å²) in [4.78, 5) is 12.0. The number of benzene rings is 1. The molecular weight excluding hydrogens is 236 g/mol. The van der Waals surface area contributed by atoms with E-state index < -0.39 is 11.4 Å². The van der Waals surface area contributed by atoms with Crippen LogP contribution in [0, 0.1) is 0 Å². The lowest BCUT2D eigenvalue weighted by Crippen LogP contribution is -2.39. The quantitative estimate of drug-likeness (QED) is 0.874. The van der Waals surface area contributed by atoms with Gasteiger partial charge in [0.25, 0.3) is 0 Å². The van der Waals surface area contributed by atoms with Crippen LogP contribution in [-0.2, 0) is 23.1 Å². The molecule has 0 amide bonds. The molecule has 2 nitrogen and oxygen atoms in total. The van der Waals surface area contributed by atoms with Crippen molar-refractivity contribution in [2.45, 2.75) is 63.2 Å². The second-order valence-electron chi connectivity index (χ2n) is 6.10. The fourth-order valence-corrected chi connectivity index (χ4v) is 3.98. The summed E-state index contributed by atoms with van der Waals surface area (Å²) in [5, 5.41) is 9.84. The molecule has 2 aliphatic rings. The van der Waals surface area contributed by atoms with Gasteiger partial charge in [-0.2, -0.15) is 0 Å². The van der Waals surface area contributed by atoms with Crippen LogP contribution in [0.3, 0.4) is 0 Å². The minimum atomic E-state index is -0.605. The van der Waals surface area contributed by atoms with Gasteiger partial charge in [0.15, 0.2) is 0 Å². The zero-order valence-corrected chi connectivity index (χ0v) is 11.5. The Labute approximate surface area is 114 Å². The summed E-state index contributed by atoms with van der Waals surface area (Å²) in [6.45, 7) is 0. The number of fused-ring (bicyclic) bond motifs is 1. The van der Waals surface area contributed by atoms with Crippen LogP contribution in [0.2, 0.25) is 0 Å². The first-order valence-corrected chi connectivity index (χ1v) is 7.59. The number of hydrogen-bond donors (Lipinski definition) is 1. The van der Waals surface area contributed by atoms with E-state index in [4.69, 9.17) is 0 Å². The van der Waals surface area contributed by atoms with Gasteiger partial charge in [0.1, 0.15) is 0 Å². The molecule has 1 fully saturated rings. The smallest absolute Gasteiger partial charge is 0.314 e. The highest BCUT2D eigenvalue weighted by Crippen LogP contribution is 2.43. The van der Waals surface area contributed by atoms with Crippen molar-refractivity contribution in [1.29, 1.82) is 0 Å². The lowest BCUT2D eigenvalue weighted by Gasteiger charge is -2.36. The van der Waals surface area contributed by atoms with Crippen LogP contribution in [0.15, 0.2) is 18.2 Å². The Balaban J connectivity index is 2.10. The molecule has 0 aromatic heterocycles. The lowest BCUT2D eigenvalue weighted by atomic mass is 9.66. The van der Waals surface area contributed by atoms with Crippen molar-refractivity contribution in [3.05, 3.63) is 34.9 Å². The zero-order valence-electron chi connectivity index (χ0n) is 11.5. The van der Waals surface area contributed by atoms with Gasteiger partial charge < -0.3 is 5.11 Å². The fraction of sp³-hybridized carbons (Fsp3) is 0.588. The largest absolute Gasteiger partial charge is 0.481 e. The highest BCUT2D eigenvalue weighted by Gasteiger charge is 2.42. The summed E-state index contributed by atoms with van der Waals surface area (Å²) >= 11 is 0. The Hall–Kier alpha value is -1.31. The number of aliphatic carboxylic acids is 1. The van der Waals surface area contributed by atoms with Crippen LogP contribution in [0.5, 0.6) is 0 Å². The van der Waals surface area contributed by atoms with Crippen molar-refractivity contribution in [3.63, 3.8) is 0 Å². The van der Waals surface area contributed by atoms with E-state index in [1.807, 2.05) is 0 Å². The summed E-state index contributed by atoms with van der Waals surface area (Å²) < 4.78 is 0. The second kappa shape index (κ2) is 4.99. The highest BCUT2D eigenvalue weighted by atomic mass is 16.4. The zero-order chi connectivity index (χ0) is 13.3. The van der Waals surface area contributed by atoms with E-state index in [1.165, 1.54) is 30.4 Å². The van der Waals surface area contributed by atoms with Gasteiger partial charge in [-0.3, -0.25) is 4.79 Å². The molecule has 1 aromatic carbocycles. The van der Waals surface area contributed by atoms with Crippen molar-refractivity contribution in [3.8, 4) is 0 Å². The molecule has 1 aromatic rings. The number of rotatable bonds is 2. The van der Waals surface area contributed by atoms with Gasteiger partial charge in [-0.25, -0.2) is 0 Å². The number of carboxylic acid groups (broad SMARTS) is 1. The molecule has 0 saturated heterocycles. The predicted molar refractivity (Wildman–Crippen MR) is 75.5 cm³/mol. The van der Waals surface area contributed by atoms with Gasteiger partial charge in [0.05, 0.1) is 5.41 Å². The number of hydrogen-bond acceptors (Lipinski definition) is 1. The van der Waals surface area contributed by atoms with Crippen LogP contribution in [-0.4, -0.2) is 11.1 Å². The molecule has 2 aliphatic carbocycles. The SMILES string of the molecule is O=C(O)C1(c2cccc3c2CCCC3)CCCCC1. The molecular formula is C17H22O2. The van der Waals surface area contributed by atoms with Gasteiger partial charge in [-0.05, 0) is 55.2 Å². The molecule has 1 N–H and O–H groups in total. The minimum Gasteiger partial charge on any atom is -0.481 e. The third-order valence-electron chi connectivity index (χ3n) is 5.03. The van der Waals surface area contributed by atoms with E-state index in [9.17, 15) is 9.90 Å². The molecule has 0 radical (unpaired) electrons. The molecule has 19 heavy (non-hydrogen) atoms. The molecule has 0 atom stereocenters. The predicted octanol–water partition coefficient (Wildman–Crippen LogP) is 3.85. The molecule has 0 spiro atoms. The normalized spacial score (nSPS) is 21.7. The lowest BCUT2D eigenvalue weighted by molar-refractivity contribution is -0.145. The Kier molecular flexibility index (Phi) is 3.34. The summed E-state index contributed by atoms with van der Waals surface area (Å²) in [7, 11) is 0. The standard InChI is InChI=1S/C17H22O2/c18-16(19)17(11-4-1-5-12-17)15-10-6-8-13-7-2-3-9-14(13)15/h6,8,10H,1-5,7,9,11-12H2,(H,18,19). The van der Waals surface area contributed by atoms with Crippen LogP contribution in [0.25, 0.3) is 0 Å². The number of carboxylic acids is 1. The minimum absolute atomic E-state index is 0.596. The first kappa shape index (κ1) is 12.7. The van der Waals surface area contributed by atoms with E-state index in [0.29, 0.717) is 0 Å². The third kappa shape index (κ3) is 2.07. The highest BCUT2D eigenvalue weighted by molar-refractivity contribution is 5.82. The Morgan fingerprint density at radius 1 is 1.00 bits per heavy atom. The number of carbonyl (C=O) groups is 1. The van der Waals surface area contributed by atoms with Crippen LogP contribution >= 0.6 is 0 Å². The first-order chi connectivity index (χ1) is 9.24. The maximum atomic E-state index is 12.0. The molecule has 2 heteroatoms. The molecule has 0 aliphatic heterocycles. The average molecular weight is 258 g/mol. The molecule has 0 bridgehead atoms. The van der Waals surface area contributed by atoms with Crippen LogP contribution in [0.1, 0.15) is 61.6 Å². The van der Waals surface area contributed by atoms with Gasteiger partial charge in [0, 0.05) is 0 Å². The topological polar surface area (TPSA) is 37.3 Å². The van der Waals surface area contributed by atoms with E-state index in [0.717, 1.165) is 44.1 Å². The van der Waals surface area contributed by atoms with Crippen molar-refractivity contribution < 1.29 is 9.90 Å². The maximum absolute atomic E-state index is 12.0.